The molecule has 1 aromatic rings. The van der Waals surface area contributed by atoms with Crippen molar-refractivity contribution in [1.82, 2.24) is 4.98 Å². The van der Waals surface area contributed by atoms with E-state index < -0.39 is 0 Å². The van der Waals surface area contributed by atoms with E-state index in [0.717, 1.165) is 17.3 Å². The third kappa shape index (κ3) is 2.37. The molecule has 1 heterocycles. The predicted molar refractivity (Wildman–Crippen MR) is 59.1 cm³/mol. The van der Waals surface area contributed by atoms with Crippen LogP contribution in [0.4, 0.5) is 11.4 Å². The molecular weight excluding hydrogens is 174 g/mol. The molecule has 0 spiro atoms. The van der Waals surface area contributed by atoms with Gasteiger partial charge >= 0.3 is 0 Å². The maximum absolute atomic E-state index is 5.79. The van der Waals surface area contributed by atoms with Gasteiger partial charge in [0.15, 0.2) is 0 Å². The van der Waals surface area contributed by atoms with Gasteiger partial charge in [0, 0.05) is 12.2 Å². The third-order valence-electron chi connectivity index (χ3n) is 2.64. The molecular formula is C11H17N3. The van der Waals surface area contributed by atoms with Crippen molar-refractivity contribution in [2.45, 2.75) is 32.2 Å². The van der Waals surface area contributed by atoms with Gasteiger partial charge in [0.05, 0.1) is 17.6 Å². The fourth-order valence-electron chi connectivity index (χ4n) is 1.72. The second-order valence-corrected chi connectivity index (χ2v) is 4.19. The first-order valence-corrected chi connectivity index (χ1v) is 5.21. The standard InChI is InChI=1S/C11H17N3/c1-8(6-9-2-3-9)14-11-4-5-13-7-10(11)12/h4-5,7-9H,2-3,6,12H2,1H3,(H,13,14). The third-order valence-corrected chi connectivity index (χ3v) is 2.64. The number of rotatable bonds is 4. The molecule has 0 radical (unpaired) electrons. The van der Waals surface area contributed by atoms with E-state index in [2.05, 4.69) is 17.2 Å². The molecule has 3 nitrogen and oxygen atoms in total. The van der Waals surface area contributed by atoms with E-state index in [1.54, 1.807) is 12.4 Å². The van der Waals surface area contributed by atoms with Crippen LogP contribution in [0.2, 0.25) is 0 Å². The number of nitrogens with one attached hydrogen (secondary N) is 1. The first-order valence-electron chi connectivity index (χ1n) is 5.21. The maximum Gasteiger partial charge on any atom is 0.0736 e. The van der Waals surface area contributed by atoms with Crippen molar-refractivity contribution in [2.24, 2.45) is 5.92 Å². The van der Waals surface area contributed by atoms with E-state index in [0.29, 0.717) is 6.04 Å². The number of nitrogens with zero attached hydrogens (tertiary/aromatic N) is 1. The Morgan fingerprint density at radius 2 is 2.43 bits per heavy atom. The summed E-state index contributed by atoms with van der Waals surface area (Å²) in [6.07, 6.45) is 7.51. The smallest absolute Gasteiger partial charge is 0.0736 e. The van der Waals surface area contributed by atoms with Crippen LogP contribution in [0, 0.1) is 5.92 Å². The first kappa shape index (κ1) is 9.31. The monoisotopic (exact) mass is 191 g/mol. The lowest BCUT2D eigenvalue weighted by atomic mass is 10.1. The van der Waals surface area contributed by atoms with Gasteiger partial charge in [-0.05, 0) is 25.3 Å². The zero-order valence-corrected chi connectivity index (χ0v) is 8.53. The van der Waals surface area contributed by atoms with Crippen molar-refractivity contribution in [1.29, 1.82) is 0 Å². The first-order chi connectivity index (χ1) is 6.75. The minimum Gasteiger partial charge on any atom is -0.396 e. The van der Waals surface area contributed by atoms with Crippen LogP contribution < -0.4 is 11.1 Å². The molecule has 1 aromatic heterocycles. The Bertz CT molecular complexity index is 307. The average Bonchev–Trinajstić information content (AvgIpc) is 2.93. The van der Waals surface area contributed by atoms with Gasteiger partial charge in [-0.15, -0.1) is 0 Å². The highest BCUT2D eigenvalue weighted by atomic mass is 14.9. The SMILES string of the molecule is CC(CC1CC1)Nc1ccncc1N. The Balaban J connectivity index is 1.91. The summed E-state index contributed by atoms with van der Waals surface area (Å²) >= 11 is 0. The lowest BCUT2D eigenvalue weighted by Crippen LogP contribution is -2.16. The second-order valence-electron chi connectivity index (χ2n) is 4.19. The van der Waals surface area contributed by atoms with Crippen LogP contribution in [0.1, 0.15) is 26.2 Å². The number of hydrogen-bond acceptors (Lipinski definition) is 3. The zero-order chi connectivity index (χ0) is 9.97. The molecule has 3 heteroatoms. The lowest BCUT2D eigenvalue weighted by molar-refractivity contribution is 0.642. The van der Waals surface area contributed by atoms with Crippen LogP contribution in [0.5, 0.6) is 0 Å². The molecule has 1 atom stereocenters. The number of pyridine rings is 1. The highest BCUT2D eigenvalue weighted by Gasteiger charge is 2.23. The molecule has 1 aliphatic rings. The van der Waals surface area contributed by atoms with E-state index in [1.807, 2.05) is 6.07 Å². The largest absolute Gasteiger partial charge is 0.396 e. The summed E-state index contributed by atoms with van der Waals surface area (Å²) in [4.78, 5) is 3.96. The topological polar surface area (TPSA) is 50.9 Å². The van der Waals surface area contributed by atoms with Crippen LogP contribution in [0.15, 0.2) is 18.5 Å². The second kappa shape index (κ2) is 3.86. The molecule has 0 saturated heterocycles. The fourth-order valence-corrected chi connectivity index (χ4v) is 1.72. The molecule has 14 heavy (non-hydrogen) atoms. The summed E-state index contributed by atoms with van der Waals surface area (Å²) in [5, 5.41) is 3.42. The minimum atomic E-state index is 0.507. The molecule has 1 aliphatic carbocycles. The molecule has 1 saturated carbocycles. The average molecular weight is 191 g/mol. The highest BCUT2D eigenvalue weighted by Crippen LogP contribution is 2.34. The van der Waals surface area contributed by atoms with Gasteiger partial charge in [0.1, 0.15) is 0 Å². The normalized spacial score (nSPS) is 17.8. The van der Waals surface area contributed by atoms with Crippen molar-refractivity contribution < 1.29 is 0 Å². The van der Waals surface area contributed by atoms with Crippen LogP contribution >= 0.6 is 0 Å². The van der Waals surface area contributed by atoms with Gasteiger partial charge in [0.2, 0.25) is 0 Å². The van der Waals surface area contributed by atoms with Crippen molar-refractivity contribution in [2.75, 3.05) is 11.1 Å². The molecule has 0 aliphatic heterocycles. The molecule has 3 N–H and O–H groups in total. The van der Waals surface area contributed by atoms with Gasteiger partial charge in [-0.1, -0.05) is 12.8 Å². The Labute approximate surface area is 84.7 Å². The fraction of sp³-hybridized carbons (Fsp3) is 0.545. The molecule has 2 rings (SSSR count). The highest BCUT2D eigenvalue weighted by molar-refractivity contribution is 5.64. The van der Waals surface area contributed by atoms with Crippen molar-refractivity contribution in [3.63, 3.8) is 0 Å². The molecule has 1 fully saturated rings. The molecule has 0 bridgehead atoms. The van der Waals surface area contributed by atoms with Gasteiger partial charge < -0.3 is 11.1 Å². The number of aromatic nitrogens is 1. The summed E-state index contributed by atoms with van der Waals surface area (Å²) in [5.41, 5.74) is 7.53. The number of anilines is 2. The van der Waals surface area contributed by atoms with E-state index >= 15 is 0 Å². The van der Waals surface area contributed by atoms with Crippen molar-refractivity contribution in [3.8, 4) is 0 Å². The molecule has 0 amide bonds. The van der Waals surface area contributed by atoms with Gasteiger partial charge in [-0.3, -0.25) is 4.98 Å². The zero-order valence-electron chi connectivity index (χ0n) is 8.53. The van der Waals surface area contributed by atoms with Crippen molar-refractivity contribution >= 4 is 11.4 Å². The predicted octanol–water partition coefficient (Wildman–Crippen LogP) is 2.26. The van der Waals surface area contributed by atoms with E-state index in [9.17, 15) is 0 Å². The number of nitrogens with two attached hydrogens (primary N) is 1. The van der Waals surface area contributed by atoms with Gasteiger partial charge in [0.25, 0.3) is 0 Å². The van der Waals surface area contributed by atoms with Crippen LogP contribution in [0.3, 0.4) is 0 Å². The summed E-state index contributed by atoms with van der Waals surface area (Å²) in [5.74, 6) is 0.945. The van der Waals surface area contributed by atoms with E-state index in [-0.39, 0.29) is 0 Å². The van der Waals surface area contributed by atoms with Crippen LogP contribution in [-0.4, -0.2) is 11.0 Å². The van der Waals surface area contributed by atoms with Crippen LogP contribution in [-0.2, 0) is 0 Å². The lowest BCUT2D eigenvalue weighted by Gasteiger charge is -2.15. The number of hydrogen-bond donors (Lipinski definition) is 2. The maximum atomic E-state index is 5.79. The van der Waals surface area contributed by atoms with E-state index in [4.69, 9.17) is 5.73 Å². The van der Waals surface area contributed by atoms with Crippen LogP contribution in [0.25, 0.3) is 0 Å². The Kier molecular flexibility index (Phi) is 2.57. The van der Waals surface area contributed by atoms with E-state index in [1.165, 1.54) is 19.3 Å². The summed E-state index contributed by atoms with van der Waals surface area (Å²) in [7, 11) is 0. The van der Waals surface area contributed by atoms with Gasteiger partial charge in [-0.2, -0.15) is 0 Å². The quantitative estimate of drug-likeness (QED) is 0.767. The summed E-state index contributed by atoms with van der Waals surface area (Å²) in [6, 6.07) is 2.44. The van der Waals surface area contributed by atoms with Gasteiger partial charge in [-0.25, -0.2) is 0 Å². The summed E-state index contributed by atoms with van der Waals surface area (Å²) < 4.78 is 0. The number of nitrogen functional groups attached to an aromatic ring is 1. The Morgan fingerprint density at radius 1 is 1.64 bits per heavy atom. The summed E-state index contributed by atoms with van der Waals surface area (Å²) in [6.45, 7) is 2.21. The van der Waals surface area contributed by atoms with Crippen molar-refractivity contribution in [3.05, 3.63) is 18.5 Å². The Morgan fingerprint density at radius 3 is 3.07 bits per heavy atom. The Hall–Kier alpha value is -1.25. The molecule has 1 unspecified atom stereocenters. The molecule has 76 valence electrons. The molecule has 0 aromatic carbocycles. The minimum absolute atomic E-state index is 0.507.